The van der Waals surface area contributed by atoms with Crippen molar-refractivity contribution in [3.63, 3.8) is 0 Å². The SMILES string of the molecule is C=CCN1C(=O)/C(=C2\Sc3ccc(OC)cc3N2C)SC1=NCCCCCCCCCCCCCCCCCC. The number of aliphatic imine (C=N–C) groups is 1. The fourth-order valence-corrected chi connectivity index (χ4v) is 7.57. The Bertz CT molecular complexity index is 1010. The molecule has 7 heteroatoms. The molecule has 0 saturated carbocycles. The summed E-state index contributed by atoms with van der Waals surface area (Å²) in [6.07, 6.45) is 23.6. The van der Waals surface area contributed by atoms with Crippen LogP contribution in [0.15, 0.2) is 50.7 Å². The molecular formula is C33H51N3O2S2. The summed E-state index contributed by atoms with van der Waals surface area (Å²) in [7, 11) is 3.69. The monoisotopic (exact) mass is 585 g/mol. The summed E-state index contributed by atoms with van der Waals surface area (Å²) in [6.45, 7) is 7.40. The van der Waals surface area contributed by atoms with Gasteiger partial charge >= 0.3 is 0 Å². The van der Waals surface area contributed by atoms with E-state index in [1.54, 1.807) is 29.8 Å². The highest BCUT2D eigenvalue weighted by molar-refractivity contribution is 8.19. The van der Waals surface area contributed by atoms with Crippen molar-refractivity contribution in [1.29, 1.82) is 0 Å². The van der Waals surface area contributed by atoms with Gasteiger partial charge in [-0.05, 0) is 30.3 Å². The number of unbranched alkanes of at least 4 members (excludes halogenated alkanes) is 15. The third-order valence-electron chi connectivity index (χ3n) is 7.67. The van der Waals surface area contributed by atoms with Crippen LogP contribution < -0.4 is 9.64 Å². The first-order valence-electron chi connectivity index (χ1n) is 15.6. The number of anilines is 1. The second kappa shape index (κ2) is 18.5. The summed E-state index contributed by atoms with van der Waals surface area (Å²) in [5.74, 6) is 0.835. The van der Waals surface area contributed by atoms with Crippen molar-refractivity contribution in [2.24, 2.45) is 4.99 Å². The lowest BCUT2D eigenvalue weighted by Crippen LogP contribution is -2.30. The molecule has 0 N–H and O–H groups in total. The van der Waals surface area contributed by atoms with Gasteiger partial charge < -0.3 is 9.64 Å². The number of methoxy groups -OCH3 is 1. The first-order chi connectivity index (χ1) is 19.6. The van der Waals surface area contributed by atoms with E-state index in [9.17, 15) is 4.79 Å². The Morgan fingerprint density at radius 3 is 2.00 bits per heavy atom. The fourth-order valence-electron chi connectivity index (χ4n) is 5.23. The van der Waals surface area contributed by atoms with E-state index < -0.39 is 0 Å². The molecule has 0 atom stereocenters. The highest BCUT2D eigenvalue weighted by atomic mass is 32.2. The number of carbonyl (C=O) groups is 1. The molecule has 1 aromatic carbocycles. The van der Waals surface area contributed by atoms with Crippen molar-refractivity contribution in [3.8, 4) is 5.75 Å². The third kappa shape index (κ3) is 9.90. The summed E-state index contributed by atoms with van der Waals surface area (Å²) >= 11 is 3.14. The van der Waals surface area contributed by atoms with E-state index in [1.165, 1.54) is 108 Å². The van der Waals surface area contributed by atoms with Crippen molar-refractivity contribution >= 4 is 40.3 Å². The van der Waals surface area contributed by atoms with Crippen LogP contribution in [0.2, 0.25) is 0 Å². The van der Waals surface area contributed by atoms with Crippen molar-refractivity contribution in [2.45, 2.75) is 115 Å². The number of amides is 1. The van der Waals surface area contributed by atoms with E-state index in [0.29, 0.717) is 6.54 Å². The van der Waals surface area contributed by atoms with Gasteiger partial charge in [0, 0.05) is 31.1 Å². The number of carbonyl (C=O) groups excluding carboxylic acids is 1. The van der Waals surface area contributed by atoms with Crippen molar-refractivity contribution in [2.75, 3.05) is 32.1 Å². The third-order valence-corrected chi connectivity index (χ3v) is 10.1. The molecule has 1 amide bonds. The number of ether oxygens (including phenoxy) is 1. The smallest absolute Gasteiger partial charge is 0.269 e. The van der Waals surface area contributed by atoms with Gasteiger partial charge in [-0.2, -0.15) is 0 Å². The van der Waals surface area contributed by atoms with Gasteiger partial charge in [-0.25, -0.2) is 0 Å². The van der Waals surface area contributed by atoms with E-state index >= 15 is 0 Å². The second-order valence-corrected chi connectivity index (χ2v) is 12.9. The zero-order valence-corrected chi connectivity index (χ0v) is 26.9. The first kappa shape index (κ1) is 32.7. The molecule has 2 aliphatic heterocycles. The number of hydrogen-bond acceptors (Lipinski definition) is 6. The number of rotatable bonds is 20. The van der Waals surface area contributed by atoms with Gasteiger partial charge in [0.25, 0.3) is 5.91 Å². The number of nitrogens with zero attached hydrogens (tertiary/aromatic N) is 3. The van der Waals surface area contributed by atoms with Gasteiger partial charge in [-0.15, -0.1) is 6.58 Å². The number of hydrogen-bond donors (Lipinski definition) is 0. The number of benzene rings is 1. The lowest BCUT2D eigenvalue weighted by molar-refractivity contribution is -0.121. The Labute approximate surface area is 252 Å². The first-order valence-corrected chi connectivity index (χ1v) is 17.2. The molecule has 0 aliphatic carbocycles. The predicted octanol–water partition coefficient (Wildman–Crippen LogP) is 9.79. The number of thioether (sulfide) groups is 2. The van der Waals surface area contributed by atoms with Crippen LogP contribution in [-0.4, -0.2) is 43.2 Å². The minimum absolute atomic E-state index is 0.0183. The summed E-state index contributed by atoms with van der Waals surface area (Å²) in [5, 5.41) is 1.76. The molecular weight excluding hydrogens is 535 g/mol. The van der Waals surface area contributed by atoms with Gasteiger partial charge in [0.15, 0.2) is 5.17 Å². The summed E-state index contributed by atoms with van der Waals surface area (Å²) < 4.78 is 5.40. The molecule has 1 saturated heterocycles. The lowest BCUT2D eigenvalue weighted by atomic mass is 10.0. The van der Waals surface area contributed by atoms with E-state index in [1.807, 2.05) is 19.2 Å². The Morgan fingerprint density at radius 2 is 1.45 bits per heavy atom. The molecule has 222 valence electrons. The predicted molar refractivity (Wildman–Crippen MR) is 176 cm³/mol. The van der Waals surface area contributed by atoms with Crippen molar-refractivity contribution in [3.05, 3.63) is 40.8 Å². The van der Waals surface area contributed by atoms with Gasteiger partial charge in [0.1, 0.15) is 10.7 Å². The Kier molecular flexibility index (Phi) is 15.1. The molecule has 2 aliphatic rings. The average Bonchev–Trinajstić information content (AvgIpc) is 3.45. The van der Waals surface area contributed by atoms with Crippen LogP contribution in [0, 0.1) is 0 Å². The maximum absolute atomic E-state index is 13.3. The van der Waals surface area contributed by atoms with Crippen LogP contribution in [-0.2, 0) is 4.79 Å². The number of fused-ring (bicyclic) bond motifs is 1. The quantitative estimate of drug-likeness (QED) is 0.0866. The number of amidine groups is 1. The van der Waals surface area contributed by atoms with E-state index in [-0.39, 0.29) is 5.91 Å². The van der Waals surface area contributed by atoms with E-state index in [2.05, 4.69) is 24.5 Å². The molecule has 1 fully saturated rings. The largest absolute Gasteiger partial charge is 0.497 e. The Hall–Kier alpha value is -1.86. The van der Waals surface area contributed by atoms with Crippen LogP contribution >= 0.6 is 23.5 Å². The molecule has 0 unspecified atom stereocenters. The molecule has 3 rings (SSSR count). The van der Waals surface area contributed by atoms with Crippen LogP contribution in [0.1, 0.15) is 110 Å². The maximum Gasteiger partial charge on any atom is 0.269 e. The molecule has 1 aromatic rings. The van der Waals surface area contributed by atoms with Crippen LogP contribution in [0.4, 0.5) is 5.69 Å². The lowest BCUT2D eigenvalue weighted by Gasteiger charge is -2.15. The molecule has 40 heavy (non-hydrogen) atoms. The highest BCUT2D eigenvalue weighted by Gasteiger charge is 2.38. The molecule has 0 bridgehead atoms. The van der Waals surface area contributed by atoms with Crippen LogP contribution in [0.25, 0.3) is 0 Å². The molecule has 2 heterocycles. The fraction of sp³-hybridized carbons (Fsp3) is 0.636. The summed E-state index contributed by atoms with van der Waals surface area (Å²) in [4.78, 5) is 23.9. The zero-order valence-electron chi connectivity index (χ0n) is 25.2. The standard InChI is InChI=1S/C33H51N3O2S2/c1-5-7-8-9-10-11-12-13-14-15-16-17-18-19-20-21-24-34-33-36(25-6-2)31(37)30(40-33)32-35(3)28-26-27(38-4)22-23-29(28)39-32/h6,22-23,26H,2,5,7-21,24-25H2,1,3-4H3/b32-30+,34-33?. The molecule has 0 radical (unpaired) electrons. The maximum atomic E-state index is 13.3. The Balaban J connectivity index is 1.33. The Morgan fingerprint density at radius 1 is 0.875 bits per heavy atom. The van der Waals surface area contributed by atoms with E-state index in [4.69, 9.17) is 9.73 Å². The minimum Gasteiger partial charge on any atom is -0.497 e. The van der Waals surface area contributed by atoms with Gasteiger partial charge in [-0.3, -0.25) is 14.7 Å². The summed E-state index contributed by atoms with van der Waals surface area (Å²) in [5.41, 5.74) is 1.06. The average molecular weight is 586 g/mol. The summed E-state index contributed by atoms with van der Waals surface area (Å²) in [6, 6.07) is 6.04. The molecule has 0 spiro atoms. The van der Waals surface area contributed by atoms with Crippen molar-refractivity contribution in [1.82, 2.24) is 4.90 Å². The molecule has 5 nitrogen and oxygen atoms in total. The van der Waals surface area contributed by atoms with Crippen LogP contribution in [0.5, 0.6) is 5.75 Å². The van der Waals surface area contributed by atoms with Gasteiger partial charge in [0.05, 0.1) is 17.8 Å². The highest BCUT2D eigenvalue weighted by Crippen LogP contribution is 2.50. The normalized spacial score (nSPS) is 17.8. The zero-order chi connectivity index (χ0) is 28.6. The minimum atomic E-state index is 0.0183. The topological polar surface area (TPSA) is 45.1 Å². The van der Waals surface area contributed by atoms with E-state index in [0.717, 1.165) is 44.4 Å². The molecule has 0 aromatic heterocycles. The van der Waals surface area contributed by atoms with Crippen LogP contribution in [0.3, 0.4) is 0 Å². The van der Waals surface area contributed by atoms with Gasteiger partial charge in [0.2, 0.25) is 0 Å². The van der Waals surface area contributed by atoms with Crippen molar-refractivity contribution < 1.29 is 9.53 Å². The second-order valence-electron chi connectivity index (χ2n) is 10.9. The van der Waals surface area contributed by atoms with Gasteiger partial charge in [-0.1, -0.05) is 121 Å².